The minimum atomic E-state index is -3.25. The third-order valence-electron chi connectivity index (χ3n) is 6.00. The fraction of sp³-hybridized carbons (Fsp3) is 0.440. The highest BCUT2D eigenvalue weighted by atomic mass is 32.2. The van der Waals surface area contributed by atoms with Gasteiger partial charge in [-0.15, -0.1) is 0 Å². The number of hydrogen-bond donors (Lipinski definition) is 2. The van der Waals surface area contributed by atoms with Crippen molar-refractivity contribution in [3.63, 3.8) is 0 Å². The number of rotatable bonds is 10. The molecule has 0 bridgehead atoms. The van der Waals surface area contributed by atoms with E-state index in [-0.39, 0.29) is 10.9 Å². The molecule has 1 fully saturated rings. The van der Waals surface area contributed by atoms with Crippen LogP contribution in [0, 0.1) is 6.92 Å². The number of hydrogen-bond acceptors (Lipinski definition) is 12. The Morgan fingerprint density at radius 3 is 2.47 bits per heavy atom. The van der Waals surface area contributed by atoms with E-state index in [9.17, 15) is 13.2 Å². The highest BCUT2D eigenvalue weighted by molar-refractivity contribution is 7.90. The molecule has 0 saturated carbocycles. The third kappa shape index (κ3) is 7.17. The van der Waals surface area contributed by atoms with E-state index < -0.39 is 9.84 Å². The number of carbonyl (C=O) groups is 1. The average Bonchev–Trinajstić information content (AvgIpc) is 3.25. The smallest absolute Gasteiger partial charge is 0.350 e. The summed E-state index contributed by atoms with van der Waals surface area (Å²) < 4.78 is 28.8. The van der Waals surface area contributed by atoms with Gasteiger partial charge in [0.25, 0.3) is 0 Å². The number of anilines is 4. The highest BCUT2D eigenvalue weighted by Gasteiger charge is 2.20. The van der Waals surface area contributed by atoms with Crippen LogP contribution in [0.1, 0.15) is 34.3 Å². The quantitative estimate of drug-likeness (QED) is 0.355. The Hall–Kier alpha value is -3.29. The molecule has 0 aliphatic carbocycles. The molecule has 4 rings (SSSR count). The number of nitrogens with zero attached hydrogens (tertiary/aromatic N) is 5. The highest BCUT2D eigenvalue weighted by Crippen LogP contribution is 2.27. The minimum Gasteiger partial charge on any atom is -0.461 e. The number of likely N-dealkylation sites (N-methyl/N-ethyl adjacent to an activating group) is 1. The molecule has 204 valence electrons. The molecular formula is C25H33N7O4S2. The molecule has 11 nitrogen and oxygen atoms in total. The van der Waals surface area contributed by atoms with Crippen LogP contribution in [0.15, 0.2) is 35.2 Å². The summed E-state index contributed by atoms with van der Waals surface area (Å²) in [7, 11) is -1.15. The van der Waals surface area contributed by atoms with Gasteiger partial charge in [-0.05, 0) is 38.1 Å². The van der Waals surface area contributed by atoms with Gasteiger partial charge in [-0.2, -0.15) is 9.97 Å². The maximum Gasteiger partial charge on any atom is 0.350 e. The summed E-state index contributed by atoms with van der Waals surface area (Å²) in [5, 5.41) is 6.99. The van der Waals surface area contributed by atoms with Crippen LogP contribution in [0.5, 0.6) is 0 Å². The van der Waals surface area contributed by atoms with Crippen molar-refractivity contribution in [2.75, 3.05) is 61.6 Å². The van der Waals surface area contributed by atoms with Crippen molar-refractivity contribution in [2.24, 2.45) is 0 Å². The Kier molecular flexibility index (Phi) is 8.80. The molecule has 0 spiro atoms. The monoisotopic (exact) mass is 559 g/mol. The molecule has 0 radical (unpaired) electrons. The van der Waals surface area contributed by atoms with Crippen LogP contribution in [0.25, 0.3) is 0 Å². The molecule has 1 aliphatic rings. The summed E-state index contributed by atoms with van der Waals surface area (Å²) in [4.78, 5) is 31.4. The molecule has 1 saturated heterocycles. The van der Waals surface area contributed by atoms with Gasteiger partial charge in [-0.3, -0.25) is 5.32 Å². The standard InChI is InChI=1S/C25H33N7O4S2/c1-5-14-36-23(33)22-17(2)27-25(37-22)30-24-28-20(15-21(29-24)32-12-10-31(3)11-13-32)26-16-18-6-8-19(9-7-18)38(4,34)35/h6-9,15H,5,10-14,16H2,1-4H3,(H2,26,27,28,29,30). The first-order valence-corrected chi connectivity index (χ1v) is 15.1. The second-order valence-electron chi connectivity index (χ2n) is 9.19. The molecule has 13 heteroatoms. The van der Waals surface area contributed by atoms with Gasteiger partial charge in [-0.1, -0.05) is 30.4 Å². The van der Waals surface area contributed by atoms with Crippen molar-refractivity contribution in [2.45, 2.75) is 31.7 Å². The predicted molar refractivity (Wildman–Crippen MR) is 149 cm³/mol. The van der Waals surface area contributed by atoms with Crippen LogP contribution in [0.4, 0.5) is 22.7 Å². The van der Waals surface area contributed by atoms with Gasteiger partial charge in [0.1, 0.15) is 16.5 Å². The summed E-state index contributed by atoms with van der Waals surface area (Å²) in [5.41, 5.74) is 1.50. The number of esters is 1. The lowest BCUT2D eigenvalue weighted by Gasteiger charge is -2.33. The lowest BCUT2D eigenvalue weighted by molar-refractivity contribution is 0.0509. The lowest BCUT2D eigenvalue weighted by atomic mass is 10.2. The number of thiazole rings is 1. The Morgan fingerprint density at radius 2 is 1.82 bits per heavy atom. The SMILES string of the molecule is CCCOC(=O)c1sc(Nc2nc(NCc3ccc(S(C)(=O)=O)cc3)cc(N3CCN(C)CC3)n2)nc1C. The number of piperazine rings is 1. The van der Waals surface area contributed by atoms with Crippen LogP contribution < -0.4 is 15.5 Å². The second kappa shape index (κ2) is 12.0. The maximum absolute atomic E-state index is 12.4. The molecule has 0 atom stereocenters. The van der Waals surface area contributed by atoms with Gasteiger partial charge >= 0.3 is 5.97 Å². The van der Waals surface area contributed by atoms with Crippen LogP contribution in [0.3, 0.4) is 0 Å². The van der Waals surface area contributed by atoms with Crippen molar-refractivity contribution < 1.29 is 17.9 Å². The van der Waals surface area contributed by atoms with E-state index in [1.807, 2.05) is 13.0 Å². The number of carbonyl (C=O) groups excluding carboxylic acids is 1. The summed E-state index contributed by atoms with van der Waals surface area (Å²) in [5.74, 6) is 1.37. The largest absolute Gasteiger partial charge is 0.461 e. The van der Waals surface area contributed by atoms with Crippen molar-refractivity contribution in [3.8, 4) is 0 Å². The summed E-state index contributed by atoms with van der Waals surface area (Å²) in [6, 6.07) is 8.67. The number of aromatic nitrogens is 3. The third-order valence-corrected chi connectivity index (χ3v) is 8.18. The van der Waals surface area contributed by atoms with E-state index in [0.29, 0.717) is 40.6 Å². The maximum atomic E-state index is 12.4. The predicted octanol–water partition coefficient (Wildman–Crippen LogP) is 3.32. The Bertz CT molecular complexity index is 1370. The normalized spacial score (nSPS) is 14.4. The number of nitrogens with one attached hydrogen (secondary N) is 2. The number of ether oxygens (including phenoxy) is 1. The second-order valence-corrected chi connectivity index (χ2v) is 12.2. The molecule has 0 unspecified atom stereocenters. The average molecular weight is 560 g/mol. The number of sulfone groups is 1. The van der Waals surface area contributed by atoms with Crippen LogP contribution in [0.2, 0.25) is 0 Å². The van der Waals surface area contributed by atoms with E-state index in [0.717, 1.165) is 44.0 Å². The van der Waals surface area contributed by atoms with E-state index in [2.05, 4.69) is 37.4 Å². The number of aryl methyl sites for hydroxylation is 1. The zero-order chi connectivity index (χ0) is 27.3. The van der Waals surface area contributed by atoms with E-state index in [4.69, 9.17) is 9.72 Å². The van der Waals surface area contributed by atoms with Gasteiger partial charge in [0, 0.05) is 45.0 Å². The zero-order valence-electron chi connectivity index (χ0n) is 22.0. The Labute approximate surface area is 227 Å². The van der Waals surface area contributed by atoms with E-state index in [1.165, 1.54) is 17.6 Å². The molecule has 2 aromatic heterocycles. The van der Waals surface area contributed by atoms with Gasteiger partial charge in [0.2, 0.25) is 5.95 Å². The molecule has 1 aliphatic heterocycles. The molecule has 3 heterocycles. The van der Waals surface area contributed by atoms with Crippen molar-refractivity contribution in [1.82, 2.24) is 19.9 Å². The topological polar surface area (TPSA) is 130 Å². The zero-order valence-corrected chi connectivity index (χ0v) is 23.7. The molecule has 0 amide bonds. The van der Waals surface area contributed by atoms with Gasteiger partial charge in [0.15, 0.2) is 15.0 Å². The first-order valence-electron chi connectivity index (χ1n) is 12.4. The fourth-order valence-corrected chi connectivity index (χ4v) is 5.31. The van der Waals surface area contributed by atoms with E-state index >= 15 is 0 Å². The Morgan fingerprint density at radius 1 is 1.11 bits per heavy atom. The fourth-order valence-electron chi connectivity index (χ4n) is 3.82. The molecule has 38 heavy (non-hydrogen) atoms. The minimum absolute atomic E-state index is 0.281. The van der Waals surface area contributed by atoms with Crippen molar-refractivity contribution in [1.29, 1.82) is 0 Å². The first-order chi connectivity index (χ1) is 18.1. The summed E-state index contributed by atoms with van der Waals surface area (Å²) in [6.07, 6.45) is 1.94. The molecule has 1 aromatic carbocycles. The summed E-state index contributed by atoms with van der Waals surface area (Å²) in [6.45, 7) is 8.06. The van der Waals surface area contributed by atoms with Crippen LogP contribution in [-0.4, -0.2) is 80.3 Å². The molecule has 2 N–H and O–H groups in total. The summed E-state index contributed by atoms with van der Waals surface area (Å²) >= 11 is 1.21. The van der Waals surface area contributed by atoms with Gasteiger partial charge < -0.3 is 19.9 Å². The van der Waals surface area contributed by atoms with Gasteiger partial charge in [0.05, 0.1) is 17.2 Å². The molecule has 3 aromatic rings. The Balaban J connectivity index is 1.55. The van der Waals surface area contributed by atoms with E-state index in [1.54, 1.807) is 31.2 Å². The molecular weight excluding hydrogens is 526 g/mol. The van der Waals surface area contributed by atoms with Crippen molar-refractivity contribution in [3.05, 3.63) is 46.5 Å². The van der Waals surface area contributed by atoms with Crippen molar-refractivity contribution >= 4 is 49.9 Å². The van der Waals surface area contributed by atoms with Gasteiger partial charge in [-0.25, -0.2) is 18.2 Å². The first kappa shape index (κ1) is 27.7. The van der Waals surface area contributed by atoms with Crippen LogP contribution >= 0.6 is 11.3 Å². The van der Waals surface area contributed by atoms with Crippen LogP contribution in [-0.2, 0) is 21.1 Å². The lowest BCUT2D eigenvalue weighted by Crippen LogP contribution is -2.44. The number of benzene rings is 1.